The third kappa shape index (κ3) is 4.88. The Balaban J connectivity index is 1.35. The first-order valence-electron chi connectivity index (χ1n) is 11.0. The zero-order valence-electron chi connectivity index (χ0n) is 18.6. The zero-order chi connectivity index (χ0) is 23.5. The summed E-state index contributed by atoms with van der Waals surface area (Å²) in [6.07, 6.45) is 0.901. The minimum atomic E-state index is -0.365. The number of thiazole rings is 1. The van der Waals surface area contributed by atoms with E-state index in [1.54, 1.807) is 11.3 Å². The fourth-order valence-electron chi connectivity index (χ4n) is 4.07. The summed E-state index contributed by atoms with van der Waals surface area (Å²) >= 11 is 7.65. The molecular formula is C27H23ClN4OS. The van der Waals surface area contributed by atoms with Gasteiger partial charge < -0.3 is 9.88 Å². The van der Waals surface area contributed by atoms with Crippen LogP contribution >= 0.6 is 22.9 Å². The minimum absolute atomic E-state index is 0.0967. The van der Waals surface area contributed by atoms with Crippen LogP contribution in [0, 0.1) is 0 Å². The molecule has 0 spiro atoms. The van der Waals surface area contributed by atoms with Gasteiger partial charge in [-0.2, -0.15) is 0 Å². The van der Waals surface area contributed by atoms with E-state index in [-0.39, 0.29) is 18.4 Å². The Morgan fingerprint density at radius 2 is 1.82 bits per heavy atom. The number of aryl methyl sites for hydroxylation is 1. The lowest BCUT2D eigenvalue weighted by Gasteiger charge is -2.19. The van der Waals surface area contributed by atoms with Gasteiger partial charge in [0.1, 0.15) is 11.9 Å². The van der Waals surface area contributed by atoms with Crippen LogP contribution in [0.2, 0.25) is 5.02 Å². The highest BCUT2D eigenvalue weighted by Crippen LogP contribution is 2.25. The lowest BCUT2D eigenvalue weighted by molar-refractivity contribution is -0.121. The van der Waals surface area contributed by atoms with Crippen molar-refractivity contribution in [1.29, 1.82) is 0 Å². The van der Waals surface area contributed by atoms with Gasteiger partial charge in [-0.25, -0.2) is 9.97 Å². The van der Waals surface area contributed by atoms with Crippen LogP contribution < -0.4 is 5.32 Å². The number of benzene rings is 3. The third-order valence-electron chi connectivity index (χ3n) is 5.70. The van der Waals surface area contributed by atoms with Crippen molar-refractivity contribution in [2.75, 3.05) is 0 Å². The Morgan fingerprint density at radius 3 is 2.62 bits per heavy atom. The van der Waals surface area contributed by atoms with Crippen LogP contribution in [0.15, 0.2) is 84.2 Å². The van der Waals surface area contributed by atoms with Gasteiger partial charge in [-0.1, -0.05) is 66.2 Å². The number of imidazole rings is 1. The predicted octanol–water partition coefficient (Wildman–Crippen LogP) is 5.72. The Hall–Kier alpha value is -3.48. The van der Waals surface area contributed by atoms with Crippen molar-refractivity contribution in [3.8, 4) is 0 Å². The van der Waals surface area contributed by atoms with E-state index in [2.05, 4.69) is 10.3 Å². The van der Waals surface area contributed by atoms with Gasteiger partial charge in [0, 0.05) is 23.9 Å². The number of nitrogens with zero attached hydrogens (tertiary/aromatic N) is 3. The van der Waals surface area contributed by atoms with Gasteiger partial charge in [-0.05, 0) is 35.4 Å². The molecule has 2 aromatic heterocycles. The van der Waals surface area contributed by atoms with Gasteiger partial charge in [0.25, 0.3) is 0 Å². The fourth-order valence-corrected chi connectivity index (χ4v) is 5.12. The Bertz CT molecular complexity index is 1440. The minimum Gasteiger partial charge on any atom is -0.342 e. The van der Waals surface area contributed by atoms with Crippen LogP contribution in [0.5, 0.6) is 0 Å². The molecule has 1 amide bonds. The van der Waals surface area contributed by atoms with E-state index in [0.29, 0.717) is 11.4 Å². The van der Waals surface area contributed by atoms with Crippen LogP contribution in [0.1, 0.15) is 33.7 Å². The lowest BCUT2D eigenvalue weighted by Crippen LogP contribution is -2.32. The van der Waals surface area contributed by atoms with Crippen LogP contribution in [-0.2, 0) is 24.7 Å². The molecule has 7 heteroatoms. The van der Waals surface area contributed by atoms with Crippen LogP contribution in [0.25, 0.3) is 11.0 Å². The smallest absolute Gasteiger partial charge is 0.226 e. The maximum atomic E-state index is 13.1. The number of hydrogen-bond acceptors (Lipinski definition) is 4. The molecule has 5 aromatic rings. The van der Waals surface area contributed by atoms with E-state index < -0.39 is 0 Å². The highest BCUT2D eigenvalue weighted by atomic mass is 35.5. The monoisotopic (exact) mass is 486 g/mol. The standard InChI is InChI=1S/C27H23ClN4OS/c1-32-23-13-6-5-12-22(23)30-27(32)26(19-9-3-2-4-10-19)31-24(33)16-21-17-34-25(29-21)15-18-8-7-11-20(28)14-18/h2-14,17,26H,15-16H2,1H3,(H,31,33). The van der Waals surface area contributed by atoms with Crippen LogP contribution in [-0.4, -0.2) is 20.4 Å². The average molecular weight is 487 g/mol. The normalized spacial score (nSPS) is 12.1. The molecule has 0 aliphatic heterocycles. The number of fused-ring (bicyclic) bond motifs is 1. The van der Waals surface area contributed by atoms with Gasteiger partial charge in [0.05, 0.1) is 28.2 Å². The van der Waals surface area contributed by atoms with Crippen molar-refractivity contribution in [2.45, 2.75) is 18.9 Å². The number of carbonyl (C=O) groups excluding carboxylic acids is 1. The first-order valence-corrected chi connectivity index (χ1v) is 12.3. The number of para-hydroxylation sites is 2. The molecule has 5 rings (SSSR count). The highest BCUT2D eigenvalue weighted by Gasteiger charge is 2.23. The Kier molecular flexibility index (Phi) is 6.43. The van der Waals surface area contributed by atoms with E-state index in [1.165, 1.54) is 0 Å². The SMILES string of the molecule is Cn1c(C(NC(=O)Cc2csc(Cc3cccc(Cl)c3)n2)c2ccccc2)nc2ccccc21. The molecule has 0 aliphatic rings. The number of amides is 1. The maximum Gasteiger partial charge on any atom is 0.226 e. The number of nitrogens with one attached hydrogen (secondary N) is 1. The summed E-state index contributed by atoms with van der Waals surface area (Å²) in [7, 11) is 1.98. The maximum absolute atomic E-state index is 13.1. The molecule has 3 aromatic carbocycles. The number of rotatable bonds is 7. The van der Waals surface area contributed by atoms with Gasteiger partial charge in [-0.15, -0.1) is 11.3 Å². The first-order chi connectivity index (χ1) is 16.6. The second kappa shape index (κ2) is 9.79. The zero-order valence-corrected chi connectivity index (χ0v) is 20.2. The molecular weight excluding hydrogens is 464 g/mol. The summed E-state index contributed by atoms with van der Waals surface area (Å²) in [4.78, 5) is 22.6. The second-order valence-corrected chi connectivity index (χ2v) is 9.52. The molecule has 34 heavy (non-hydrogen) atoms. The molecule has 170 valence electrons. The van der Waals surface area contributed by atoms with E-state index >= 15 is 0 Å². The van der Waals surface area contributed by atoms with Crippen molar-refractivity contribution in [3.05, 3.63) is 117 Å². The number of aromatic nitrogens is 3. The summed E-state index contributed by atoms with van der Waals surface area (Å²) in [6, 6.07) is 25.3. The molecule has 0 saturated heterocycles. The Morgan fingerprint density at radius 1 is 1.03 bits per heavy atom. The van der Waals surface area contributed by atoms with E-state index in [0.717, 1.165) is 38.7 Å². The fraction of sp³-hybridized carbons (Fsp3) is 0.148. The van der Waals surface area contributed by atoms with E-state index in [1.807, 2.05) is 95.9 Å². The van der Waals surface area contributed by atoms with Gasteiger partial charge in [-0.3, -0.25) is 4.79 Å². The summed E-state index contributed by atoms with van der Waals surface area (Å²) < 4.78 is 2.04. The Labute approximate surface area is 207 Å². The molecule has 0 bridgehead atoms. The van der Waals surface area contributed by atoms with Crippen molar-refractivity contribution >= 4 is 39.9 Å². The molecule has 1 atom stereocenters. The first kappa shape index (κ1) is 22.3. The number of hydrogen-bond donors (Lipinski definition) is 1. The number of halogens is 1. The van der Waals surface area contributed by atoms with Crippen molar-refractivity contribution in [1.82, 2.24) is 19.9 Å². The van der Waals surface area contributed by atoms with Gasteiger partial charge >= 0.3 is 0 Å². The topological polar surface area (TPSA) is 59.8 Å². The molecule has 0 radical (unpaired) electrons. The molecule has 2 heterocycles. The van der Waals surface area contributed by atoms with Crippen LogP contribution in [0.4, 0.5) is 0 Å². The highest BCUT2D eigenvalue weighted by molar-refractivity contribution is 7.09. The van der Waals surface area contributed by atoms with E-state index in [9.17, 15) is 4.79 Å². The third-order valence-corrected chi connectivity index (χ3v) is 6.84. The summed E-state index contributed by atoms with van der Waals surface area (Å²) in [6.45, 7) is 0. The second-order valence-electron chi connectivity index (χ2n) is 8.14. The van der Waals surface area contributed by atoms with Gasteiger partial charge in [0.2, 0.25) is 5.91 Å². The summed E-state index contributed by atoms with van der Waals surface area (Å²) in [5, 5.41) is 6.81. The summed E-state index contributed by atoms with van der Waals surface area (Å²) in [5.41, 5.74) is 4.77. The predicted molar refractivity (Wildman–Crippen MR) is 137 cm³/mol. The quantitative estimate of drug-likeness (QED) is 0.320. The molecule has 0 aliphatic carbocycles. The van der Waals surface area contributed by atoms with Crippen molar-refractivity contribution in [2.24, 2.45) is 7.05 Å². The summed E-state index contributed by atoms with van der Waals surface area (Å²) in [5.74, 6) is 0.696. The molecule has 1 N–H and O–H groups in total. The van der Waals surface area contributed by atoms with E-state index in [4.69, 9.17) is 16.6 Å². The largest absolute Gasteiger partial charge is 0.342 e. The molecule has 0 saturated carbocycles. The van der Waals surface area contributed by atoms with Crippen LogP contribution in [0.3, 0.4) is 0 Å². The molecule has 5 nitrogen and oxygen atoms in total. The average Bonchev–Trinajstić information content (AvgIpc) is 3.42. The molecule has 1 unspecified atom stereocenters. The van der Waals surface area contributed by atoms with Gasteiger partial charge in [0.15, 0.2) is 0 Å². The lowest BCUT2D eigenvalue weighted by atomic mass is 10.1. The van der Waals surface area contributed by atoms with Crippen molar-refractivity contribution < 1.29 is 4.79 Å². The van der Waals surface area contributed by atoms with Crippen molar-refractivity contribution in [3.63, 3.8) is 0 Å². The number of carbonyl (C=O) groups is 1. The molecule has 0 fully saturated rings.